The van der Waals surface area contributed by atoms with Crippen molar-refractivity contribution in [3.8, 4) is 0 Å². The molecule has 1 aromatic heterocycles. The minimum Gasteiger partial charge on any atom is -0.297 e. The molecule has 5 heteroatoms. The Morgan fingerprint density at radius 1 is 1.32 bits per heavy atom. The highest BCUT2D eigenvalue weighted by molar-refractivity contribution is 6.30. The van der Waals surface area contributed by atoms with E-state index < -0.39 is 5.41 Å². The number of rotatable bonds is 5. The lowest BCUT2D eigenvalue weighted by atomic mass is 9.81. The lowest BCUT2D eigenvalue weighted by Gasteiger charge is -2.23. The molecular formula is C14H16ClN3O. The molecule has 0 N–H and O–H groups in total. The van der Waals surface area contributed by atoms with Gasteiger partial charge in [-0.25, -0.2) is 9.67 Å². The molecule has 0 unspecified atom stereocenters. The normalized spacial score (nSPS) is 11.5. The number of hydrogen-bond donors (Lipinski definition) is 0. The molecule has 0 bridgehead atoms. The second kappa shape index (κ2) is 5.53. The molecule has 0 aliphatic rings. The van der Waals surface area contributed by atoms with Crippen LogP contribution in [0.5, 0.6) is 0 Å². The highest BCUT2D eigenvalue weighted by Gasteiger charge is 2.27. The van der Waals surface area contributed by atoms with Crippen molar-refractivity contribution in [1.82, 2.24) is 14.8 Å². The zero-order valence-corrected chi connectivity index (χ0v) is 11.8. The van der Waals surface area contributed by atoms with Crippen LogP contribution in [0, 0.1) is 5.41 Å². The van der Waals surface area contributed by atoms with Gasteiger partial charge in [0.05, 0.1) is 0 Å². The molecule has 0 aliphatic heterocycles. The van der Waals surface area contributed by atoms with E-state index in [-0.39, 0.29) is 12.3 Å². The number of Topliss-reactive ketones (excluding diaryl/α,β-unsaturated/α-hetero) is 1. The number of halogens is 1. The fraction of sp³-hybridized carbons (Fsp3) is 0.357. The summed E-state index contributed by atoms with van der Waals surface area (Å²) >= 11 is 5.85. The van der Waals surface area contributed by atoms with Crippen LogP contribution < -0.4 is 0 Å². The second-order valence-corrected chi connectivity index (χ2v) is 5.64. The maximum atomic E-state index is 12.3. The van der Waals surface area contributed by atoms with Crippen LogP contribution >= 0.6 is 11.6 Å². The minimum absolute atomic E-state index is 0.132. The maximum Gasteiger partial charge on any atom is 0.160 e. The summed E-state index contributed by atoms with van der Waals surface area (Å²) < 4.78 is 1.55. The van der Waals surface area contributed by atoms with Gasteiger partial charge in [-0.05, 0) is 24.1 Å². The molecular weight excluding hydrogens is 262 g/mol. The molecule has 1 aromatic carbocycles. The van der Waals surface area contributed by atoms with Gasteiger partial charge in [-0.15, -0.1) is 0 Å². The Morgan fingerprint density at radius 3 is 2.58 bits per heavy atom. The van der Waals surface area contributed by atoms with Crippen molar-refractivity contribution in [1.29, 1.82) is 0 Å². The molecule has 4 nitrogen and oxygen atoms in total. The Labute approximate surface area is 117 Å². The van der Waals surface area contributed by atoms with Crippen molar-refractivity contribution < 1.29 is 4.79 Å². The summed E-state index contributed by atoms with van der Waals surface area (Å²) in [4.78, 5) is 16.1. The van der Waals surface area contributed by atoms with Crippen molar-refractivity contribution in [2.24, 2.45) is 5.41 Å². The monoisotopic (exact) mass is 277 g/mol. The summed E-state index contributed by atoms with van der Waals surface area (Å²) in [5.74, 6) is 0.132. The third kappa shape index (κ3) is 3.64. The van der Waals surface area contributed by atoms with Gasteiger partial charge >= 0.3 is 0 Å². The highest BCUT2D eigenvalue weighted by Crippen LogP contribution is 2.24. The molecule has 0 radical (unpaired) electrons. The molecule has 0 spiro atoms. The number of aromatic nitrogens is 3. The van der Waals surface area contributed by atoms with E-state index in [4.69, 9.17) is 11.6 Å². The van der Waals surface area contributed by atoms with E-state index in [9.17, 15) is 4.79 Å². The quantitative estimate of drug-likeness (QED) is 0.844. The Bertz CT molecular complexity index is 547. The molecule has 1 heterocycles. The van der Waals surface area contributed by atoms with E-state index in [0.717, 1.165) is 5.56 Å². The first kappa shape index (κ1) is 13.7. The fourth-order valence-electron chi connectivity index (χ4n) is 1.89. The first-order chi connectivity index (χ1) is 8.97. The van der Waals surface area contributed by atoms with Crippen LogP contribution in [0.3, 0.4) is 0 Å². The Kier molecular flexibility index (Phi) is 4.00. The molecule has 19 heavy (non-hydrogen) atoms. The SMILES string of the molecule is CC(C)(Cc1ccc(Cl)cc1)C(=O)Cn1cncn1. The highest BCUT2D eigenvalue weighted by atomic mass is 35.5. The molecule has 100 valence electrons. The molecule has 0 amide bonds. The molecule has 0 saturated heterocycles. The lowest BCUT2D eigenvalue weighted by Crippen LogP contribution is -2.30. The third-order valence-electron chi connectivity index (χ3n) is 3.09. The second-order valence-electron chi connectivity index (χ2n) is 5.20. The molecule has 0 saturated carbocycles. The summed E-state index contributed by atoms with van der Waals surface area (Å²) in [6.45, 7) is 4.14. The number of carbonyl (C=O) groups excluding carboxylic acids is 1. The van der Waals surface area contributed by atoms with Gasteiger partial charge in [0, 0.05) is 10.4 Å². The van der Waals surface area contributed by atoms with E-state index in [1.807, 2.05) is 38.1 Å². The molecule has 0 aliphatic carbocycles. The molecule has 0 atom stereocenters. The fourth-order valence-corrected chi connectivity index (χ4v) is 2.01. The summed E-state index contributed by atoms with van der Waals surface area (Å²) in [7, 11) is 0. The first-order valence-electron chi connectivity index (χ1n) is 6.07. The standard InChI is InChI=1S/C14H16ClN3O/c1-14(2,7-11-3-5-12(15)6-4-11)13(19)8-18-10-16-9-17-18/h3-6,9-10H,7-8H2,1-2H3. The summed E-state index contributed by atoms with van der Waals surface area (Å²) in [6.07, 6.45) is 3.66. The number of hydrogen-bond acceptors (Lipinski definition) is 3. The Balaban J connectivity index is 2.04. The van der Waals surface area contributed by atoms with Crippen LogP contribution in [-0.2, 0) is 17.8 Å². The molecule has 0 fully saturated rings. The summed E-state index contributed by atoms with van der Waals surface area (Å²) in [5, 5.41) is 4.66. The topological polar surface area (TPSA) is 47.8 Å². The summed E-state index contributed by atoms with van der Waals surface area (Å²) in [5.41, 5.74) is 0.654. The predicted octanol–water partition coefficient (Wildman–Crippen LogP) is 2.77. The van der Waals surface area contributed by atoms with Gasteiger partial charge in [-0.3, -0.25) is 4.79 Å². The van der Waals surface area contributed by atoms with Crippen LogP contribution in [0.4, 0.5) is 0 Å². The number of nitrogens with zero attached hydrogens (tertiary/aromatic N) is 3. The molecule has 2 rings (SSSR count). The van der Waals surface area contributed by atoms with Gasteiger partial charge < -0.3 is 0 Å². The van der Waals surface area contributed by atoms with Crippen LogP contribution in [0.25, 0.3) is 0 Å². The zero-order valence-electron chi connectivity index (χ0n) is 11.0. The average Bonchev–Trinajstić information content (AvgIpc) is 2.84. The predicted molar refractivity (Wildman–Crippen MR) is 74.0 cm³/mol. The van der Waals surface area contributed by atoms with Crippen molar-refractivity contribution in [2.45, 2.75) is 26.8 Å². The minimum atomic E-state index is -0.445. The zero-order chi connectivity index (χ0) is 13.9. The van der Waals surface area contributed by atoms with Crippen LogP contribution in [0.1, 0.15) is 19.4 Å². The van der Waals surface area contributed by atoms with Gasteiger partial charge in [0.2, 0.25) is 0 Å². The van der Waals surface area contributed by atoms with Crippen LogP contribution in [-0.4, -0.2) is 20.5 Å². The Hall–Kier alpha value is -1.68. The van der Waals surface area contributed by atoms with E-state index >= 15 is 0 Å². The number of ketones is 1. The van der Waals surface area contributed by atoms with Crippen LogP contribution in [0.2, 0.25) is 5.02 Å². The first-order valence-corrected chi connectivity index (χ1v) is 6.45. The number of carbonyl (C=O) groups is 1. The van der Waals surface area contributed by atoms with E-state index in [1.165, 1.54) is 6.33 Å². The van der Waals surface area contributed by atoms with Gasteiger partial charge in [0.1, 0.15) is 19.2 Å². The maximum absolute atomic E-state index is 12.3. The van der Waals surface area contributed by atoms with Crippen molar-refractivity contribution in [3.63, 3.8) is 0 Å². The average molecular weight is 278 g/mol. The van der Waals surface area contributed by atoms with Gasteiger partial charge in [0.25, 0.3) is 0 Å². The molecule has 2 aromatic rings. The van der Waals surface area contributed by atoms with Gasteiger partial charge in [-0.2, -0.15) is 5.10 Å². The van der Waals surface area contributed by atoms with Crippen LogP contribution in [0.15, 0.2) is 36.9 Å². The smallest absolute Gasteiger partial charge is 0.160 e. The number of benzene rings is 1. The lowest BCUT2D eigenvalue weighted by molar-refractivity contribution is -0.127. The van der Waals surface area contributed by atoms with E-state index in [2.05, 4.69) is 10.1 Å². The van der Waals surface area contributed by atoms with Gasteiger partial charge in [0.15, 0.2) is 5.78 Å². The third-order valence-corrected chi connectivity index (χ3v) is 3.34. The Morgan fingerprint density at radius 2 is 2.00 bits per heavy atom. The largest absolute Gasteiger partial charge is 0.297 e. The summed E-state index contributed by atoms with van der Waals surface area (Å²) in [6, 6.07) is 7.59. The van der Waals surface area contributed by atoms with Crippen molar-refractivity contribution in [3.05, 3.63) is 47.5 Å². The van der Waals surface area contributed by atoms with Gasteiger partial charge in [-0.1, -0.05) is 37.6 Å². The van der Waals surface area contributed by atoms with Crippen molar-refractivity contribution in [2.75, 3.05) is 0 Å². The van der Waals surface area contributed by atoms with Crippen molar-refractivity contribution >= 4 is 17.4 Å². The van der Waals surface area contributed by atoms with E-state index in [0.29, 0.717) is 11.4 Å². The van der Waals surface area contributed by atoms with E-state index in [1.54, 1.807) is 11.0 Å².